The Morgan fingerprint density at radius 3 is 2.60 bits per heavy atom. The van der Waals surface area contributed by atoms with E-state index >= 15 is 0 Å². The lowest BCUT2D eigenvalue weighted by molar-refractivity contribution is -0.185. The largest absolute Gasteiger partial charge is 0.455 e. The second kappa shape index (κ2) is 4.09. The van der Waals surface area contributed by atoms with Gasteiger partial charge in [0.1, 0.15) is 6.10 Å². The molecule has 2 aliphatic carbocycles. The first-order valence-electron chi connectivity index (χ1n) is 7.45. The molecule has 1 heterocycles. The summed E-state index contributed by atoms with van der Waals surface area (Å²) in [6, 6.07) is 0. The minimum Gasteiger partial charge on any atom is -0.455 e. The molecule has 1 aliphatic heterocycles. The molecular weight excluding hydrogens is 256 g/mol. The molecule has 3 atom stereocenters. The van der Waals surface area contributed by atoms with Crippen molar-refractivity contribution in [3.05, 3.63) is 12.2 Å². The summed E-state index contributed by atoms with van der Waals surface area (Å²) in [7, 11) is 0. The van der Waals surface area contributed by atoms with Gasteiger partial charge in [0.2, 0.25) is 5.60 Å². The fourth-order valence-corrected chi connectivity index (χ4v) is 3.81. The third-order valence-corrected chi connectivity index (χ3v) is 5.88. The minimum atomic E-state index is -1.09. The number of allylic oxidation sites excluding steroid dienone is 1. The Balaban J connectivity index is 1.86. The zero-order valence-electron chi connectivity index (χ0n) is 12.4. The van der Waals surface area contributed by atoms with E-state index in [1.54, 1.807) is 0 Å². The molecule has 0 aromatic carbocycles. The number of fused-ring (bicyclic) bond motifs is 2. The van der Waals surface area contributed by atoms with Crippen LogP contribution in [0, 0.1) is 10.8 Å². The minimum absolute atomic E-state index is 0.174. The molecule has 0 aromatic rings. The summed E-state index contributed by atoms with van der Waals surface area (Å²) >= 11 is 0. The van der Waals surface area contributed by atoms with Crippen LogP contribution in [0.5, 0.6) is 0 Å². The molecular formula is C16H22O4. The molecule has 4 heteroatoms. The van der Waals surface area contributed by atoms with Gasteiger partial charge in [0, 0.05) is 5.41 Å². The van der Waals surface area contributed by atoms with Crippen LogP contribution in [0.3, 0.4) is 0 Å². The van der Waals surface area contributed by atoms with Gasteiger partial charge in [-0.3, -0.25) is 4.79 Å². The van der Waals surface area contributed by atoms with E-state index in [9.17, 15) is 9.59 Å². The quantitative estimate of drug-likeness (QED) is 0.575. The van der Waals surface area contributed by atoms with Crippen LogP contribution in [0.4, 0.5) is 0 Å². The Labute approximate surface area is 119 Å². The van der Waals surface area contributed by atoms with E-state index in [-0.39, 0.29) is 18.0 Å². The van der Waals surface area contributed by atoms with Crippen LogP contribution in [0.1, 0.15) is 52.9 Å². The number of esters is 2. The van der Waals surface area contributed by atoms with Crippen molar-refractivity contribution in [3.8, 4) is 0 Å². The molecule has 110 valence electrons. The van der Waals surface area contributed by atoms with E-state index in [4.69, 9.17) is 9.47 Å². The second-order valence-corrected chi connectivity index (χ2v) is 6.98. The van der Waals surface area contributed by atoms with Crippen LogP contribution in [0.15, 0.2) is 12.2 Å². The molecule has 0 aromatic heterocycles. The maximum Gasteiger partial charge on any atom is 0.351 e. The molecule has 2 unspecified atom stereocenters. The van der Waals surface area contributed by atoms with E-state index in [0.717, 1.165) is 19.3 Å². The highest BCUT2D eigenvalue weighted by Gasteiger charge is 2.76. The van der Waals surface area contributed by atoms with E-state index in [0.29, 0.717) is 12.8 Å². The zero-order chi connectivity index (χ0) is 14.6. The fourth-order valence-electron chi connectivity index (χ4n) is 3.81. The van der Waals surface area contributed by atoms with Crippen molar-refractivity contribution in [1.29, 1.82) is 0 Å². The number of carbonyl (C=O) groups is 2. The number of rotatable bonds is 2. The second-order valence-electron chi connectivity index (χ2n) is 6.98. The predicted molar refractivity (Wildman–Crippen MR) is 72.8 cm³/mol. The van der Waals surface area contributed by atoms with Crippen LogP contribution in [-0.2, 0) is 19.1 Å². The van der Waals surface area contributed by atoms with Gasteiger partial charge in [-0.25, -0.2) is 4.79 Å². The molecule has 0 spiro atoms. The van der Waals surface area contributed by atoms with Crippen molar-refractivity contribution in [2.45, 2.75) is 64.6 Å². The number of hydrogen-bond donors (Lipinski definition) is 0. The molecule has 2 bridgehead atoms. The topological polar surface area (TPSA) is 52.6 Å². The highest BCUT2D eigenvalue weighted by Crippen LogP contribution is 2.65. The average Bonchev–Trinajstić information content (AvgIpc) is 2.70. The lowest BCUT2D eigenvalue weighted by Crippen LogP contribution is -2.49. The van der Waals surface area contributed by atoms with E-state index in [2.05, 4.69) is 0 Å². The Hall–Kier alpha value is -1.32. The number of hydrogen-bond acceptors (Lipinski definition) is 4. The molecule has 2 fully saturated rings. The normalized spacial score (nSPS) is 41.5. The first kappa shape index (κ1) is 13.7. The van der Waals surface area contributed by atoms with Crippen LogP contribution in [-0.4, -0.2) is 23.6 Å². The number of carbonyl (C=O) groups excluding carboxylic acids is 2. The van der Waals surface area contributed by atoms with Gasteiger partial charge in [0.15, 0.2) is 0 Å². The van der Waals surface area contributed by atoms with Crippen LogP contribution in [0.25, 0.3) is 0 Å². The third kappa shape index (κ3) is 1.48. The molecule has 1 saturated carbocycles. The molecule has 1 saturated heterocycles. The smallest absolute Gasteiger partial charge is 0.351 e. The summed E-state index contributed by atoms with van der Waals surface area (Å²) in [5.74, 6) is -0.626. The highest BCUT2D eigenvalue weighted by atomic mass is 16.6. The van der Waals surface area contributed by atoms with Crippen molar-refractivity contribution in [2.24, 2.45) is 10.8 Å². The monoisotopic (exact) mass is 278 g/mol. The Morgan fingerprint density at radius 2 is 2.10 bits per heavy atom. The summed E-state index contributed by atoms with van der Waals surface area (Å²) in [6.07, 6.45) is 7.99. The van der Waals surface area contributed by atoms with Crippen LogP contribution >= 0.6 is 0 Å². The summed E-state index contributed by atoms with van der Waals surface area (Å²) < 4.78 is 11.2. The molecule has 3 rings (SSSR count). The summed E-state index contributed by atoms with van der Waals surface area (Å²) in [6.45, 7) is 5.80. The SMILES string of the molecule is CC12CC[C@](C(=O)OC3C=CCCC3)(OC1=O)C2(C)C. The highest BCUT2D eigenvalue weighted by molar-refractivity contribution is 5.93. The Bertz CT molecular complexity index is 493. The fraction of sp³-hybridized carbons (Fsp3) is 0.750. The Kier molecular flexibility index (Phi) is 2.79. The number of ether oxygens (including phenoxy) is 2. The van der Waals surface area contributed by atoms with Crippen molar-refractivity contribution < 1.29 is 19.1 Å². The van der Waals surface area contributed by atoms with Crippen molar-refractivity contribution in [3.63, 3.8) is 0 Å². The molecule has 20 heavy (non-hydrogen) atoms. The van der Waals surface area contributed by atoms with Gasteiger partial charge >= 0.3 is 11.9 Å². The summed E-state index contributed by atoms with van der Waals surface area (Å²) in [5.41, 5.74) is -2.19. The predicted octanol–water partition coefficient (Wildman–Crippen LogP) is 2.76. The van der Waals surface area contributed by atoms with Gasteiger partial charge in [-0.15, -0.1) is 0 Å². The molecule has 3 aliphatic rings. The van der Waals surface area contributed by atoms with Crippen molar-refractivity contribution in [1.82, 2.24) is 0 Å². The van der Waals surface area contributed by atoms with Crippen molar-refractivity contribution >= 4 is 11.9 Å². The molecule has 0 amide bonds. The molecule has 4 nitrogen and oxygen atoms in total. The molecule has 0 N–H and O–H groups in total. The van der Waals surface area contributed by atoms with E-state index in [1.165, 1.54) is 0 Å². The third-order valence-electron chi connectivity index (χ3n) is 5.88. The first-order valence-corrected chi connectivity index (χ1v) is 7.45. The standard InChI is InChI=1S/C16H22O4/c1-14(2)15(3)9-10-16(14,20-12(15)17)13(18)19-11-7-5-4-6-8-11/h5,7,11H,4,6,8-10H2,1-3H3/t11?,15?,16-/m1/s1. The van der Waals surface area contributed by atoms with E-state index in [1.807, 2.05) is 32.9 Å². The lowest BCUT2D eigenvalue weighted by atomic mass is 9.66. The van der Waals surface area contributed by atoms with Gasteiger partial charge < -0.3 is 9.47 Å². The summed E-state index contributed by atoms with van der Waals surface area (Å²) in [4.78, 5) is 24.8. The van der Waals surface area contributed by atoms with Gasteiger partial charge in [-0.05, 0) is 45.1 Å². The zero-order valence-corrected chi connectivity index (χ0v) is 12.4. The van der Waals surface area contributed by atoms with E-state index < -0.39 is 16.4 Å². The van der Waals surface area contributed by atoms with Crippen molar-refractivity contribution in [2.75, 3.05) is 0 Å². The first-order chi connectivity index (χ1) is 9.33. The van der Waals surface area contributed by atoms with Crippen LogP contribution in [0.2, 0.25) is 0 Å². The van der Waals surface area contributed by atoms with Crippen LogP contribution < -0.4 is 0 Å². The molecule has 0 radical (unpaired) electrons. The maximum atomic E-state index is 12.7. The lowest BCUT2D eigenvalue weighted by Gasteiger charge is -2.35. The van der Waals surface area contributed by atoms with Gasteiger partial charge in [0.05, 0.1) is 5.41 Å². The van der Waals surface area contributed by atoms with Gasteiger partial charge in [-0.2, -0.15) is 0 Å². The average molecular weight is 278 g/mol. The summed E-state index contributed by atoms with van der Waals surface area (Å²) in [5, 5.41) is 0. The Morgan fingerprint density at radius 1 is 1.35 bits per heavy atom. The van der Waals surface area contributed by atoms with Gasteiger partial charge in [-0.1, -0.05) is 19.9 Å². The maximum absolute atomic E-state index is 12.7. The van der Waals surface area contributed by atoms with Gasteiger partial charge in [0.25, 0.3) is 0 Å².